The number of nitrogens with zero attached hydrogens (tertiary/aromatic N) is 1. The molecule has 0 bridgehead atoms. The van der Waals surface area contributed by atoms with Gasteiger partial charge in [0, 0.05) is 17.9 Å². The summed E-state index contributed by atoms with van der Waals surface area (Å²) in [6.45, 7) is 7.30. The molecule has 0 spiro atoms. The van der Waals surface area contributed by atoms with E-state index in [1.165, 1.54) is 5.56 Å². The van der Waals surface area contributed by atoms with Crippen molar-refractivity contribution < 1.29 is 0 Å². The molecule has 1 atom stereocenters. The van der Waals surface area contributed by atoms with E-state index in [0.29, 0.717) is 0 Å². The summed E-state index contributed by atoms with van der Waals surface area (Å²) in [5, 5.41) is 0.737. The van der Waals surface area contributed by atoms with Crippen LogP contribution in [0.2, 0.25) is 5.02 Å². The molecule has 0 aliphatic heterocycles. The van der Waals surface area contributed by atoms with Gasteiger partial charge in [0.25, 0.3) is 0 Å². The molecular weight excluding hydrogens is 242 g/mol. The van der Waals surface area contributed by atoms with Crippen molar-refractivity contribution in [2.24, 2.45) is 0 Å². The second-order valence-corrected chi connectivity index (χ2v) is 4.74. The van der Waals surface area contributed by atoms with Crippen molar-refractivity contribution in [2.45, 2.75) is 18.9 Å². The van der Waals surface area contributed by atoms with Gasteiger partial charge in [0.1, 0.15) is 0 Å². The normalized spacial score (nSPS) is 11.8. The lowest BCUT2D eigenvalue weighted by atomic mass is 10.00. The molecule has 0 aliphatic carbocycles. The highest BCUT2D eigenvalue weighted by molar-refractivity contribution is 6.30. The summed E-state index contributed by atoms with van der Waals surface area (Å²) >= 11 is 5.85. The maximum atomic E-state index is 7.30. The first-order valence-electron chi connectivity index (χ1n) is 5.93. The van der Waals surface area contributed by atoms with Crippen LogP contribution < -0.4 is 0 Å². The monoisotopic (exact) mass is 255 g/mol. The number of hydrogen-bond donors (Lipinski definition) is 0. The molecule has 0 fully saturated rings. The fourth-order valence-electron chi connectivity index (χ4n) is 1.94. The molecule has 0 radical (unpaired) electrons. The lowest BCUT2D eigenvalue weighted by Crippen LogP contribution is -2.10. The molecule has 90 valence electrons. The van der Waals surface area contributed by atoms with Crippen molar-refractivity contribution >= 4 is 11.6 Å². The van der Waals surface area contributed by atoms with Gasteiger partial charge in [-0.25, -0.2) is 6.57 Å². The Morgan fingerprint density at radius 3 is 2.00 bits per heavy atom. The van der Waals surface area contributed by atoms with Crippen LogP contribution >= 0.6 is 11.6 Å². The Kier molecular flexibility index (Phi) is 4.39. The van der Waals surface area contributed by atoms with Crippen LogP contribution in [0.15, 0.2) is 54.6 Å². The van der Waals surface area contributed by atoms with Crippen LogP contribution in [-0.4, -0.2) is 6.04 Å². The molecule has 0 amide bonds. The zero-order valence-corrected chi connectivity index (χ0v) is 10.8. The molecule has 2 rings (SSSR count). The predicted octanol–water partition coefficient (Wildman–Crippen LogP) is 4.41. The highest BCUT2D eigenvalue weighted by Crippen LogP contribution is 2.14. The van der Waals surface area contributed by atoms with Crippen LogP contribution in [0.3, 0.4) is 0 Å². The third-order valence-electron chi connectivity index (χ3n) is 2.88. The van der Waals surface area contributed by atoms with Crippen LogP contribution in [0.1, 0.15) is 11.1 Å². The van der Waals surface area contributed by atoms with Gasteiger partial charge < -0.3 is 4.85 Å². The second-order valence-electron chi connectivity index (χ2n) is 4.30. The largest absolute Gasteiger partial charge is 0.313 e. The molecule has 2 aromatic carbocycles. The predicted molar refractivity (Wildman–Crippen MR) is 75.7 cm³/mol. The summed E-state index contributed by atoms with van der Waals surface area (Å²) in [4.78, 5) is 3.72. The molecule has 0 saturated heterocycles. The van der Waals surface area contributed by atoms with E-state index in [1.807, 2.05) is 42.5 Å². The number of halogens is 1. The molecule has 0 saturated carbocycles. The third kappa shape index (κ3) is 3.61. The number of hydrogen-bond acceptors (Lipinski definition) is 0. The van der Waals surface area contributed by atoms with Crippen molar-refractivity contribution in [1.29, 1.82) is 0 Å². The van der Waals surface area contributed by atoms with Crippen LogP contribution in [0.25, 0.3) is 4.85 Å². The molecule has 2 aromatic rings. The molecule has 1 unspecified atom stereocenters. The summed E-state index contributed by atoms with van der Waals surface area (Å²) in [5.74, 6) is 0. The van der Waals surface area contributed by atoms with Crippen LogP contribution in [-0.2, 0) is 12.8 Å². The average Bonchev–Trinajstić information content (AvgIpc) is 2.41. The van der Waals surface area contributed by atoms with E-state index in [4.69, 9.17) is 18.2 Å². The topological polar surface area (TPSA) is 4.36 Å². The van der Waals surface area contributed by atoms with E-state index in [2.05, 4.69) is 17.0 Å². The van der Waals surface area contributed by atoms with Gasteiger partial charge >= 0.3 is 0 Å². The Morgan fingerprint density at radius 2 is 1.44 bits per heavy atom. The summed E-state index contributed by atoms with van der Waals surface area (Å²) in [7, 11) is 0. The minimum atomic E-state index is -0.00595. The molecular formula is C16H14ClN. The fraction of sp³-hybridized carbons (Fsp3) is 0.188. The van der Waals surface area contributed by atoms with Crippen LogP contribution in [0, 0.1) is 6.57 Å². The number of benzene rings is 2. The molecule has 0 aliphatic rings. The van der Waals surface area contributed by atoms with Gasteiger partial charge in [0.15, 0.2) is 0 Å². The Labute approximate surface area is 113 Å². The Bertz CT molecular complexity index is 525. The molecule has 18 heavy (non-hydrogen) atoms. The third-order valence-corrected chi connectivity index (χ3v) is 3.13. The van der Waals surface area contributed by atoms with Crippen molar-refractivity contribution in [1.82, 2.24) is 0 Å². The van der Waals surface area contributed by atoms with Crippen LogP contribution in [0.4, 0.5) is 0 Å². The van der Waals surface area contributed by atoms with Crippen molar-refractivity contribution in [3.63, 3.8) is 0 Å². The van der Waals surface area contributed by atoms with E-state index in [0.717, 1.165) is 23.4 Å². The minimum Gasteiger partial charge on any atom is -0.313 e. The lowest BCUT2D eigenvalue weighted by Gasteiger charge is -2.06. The quantitative estimate of drug-likeness (QED) is 0.713. The van der Waals surface area contributed by atoms with Crippen LogP contribution in [0.5, 0.6) is 0 Å². The minimum absolute atomic E-state index is 0.00595. The first-order chi connectivity index (χ1) is 8.78. The van der Waals surface area contributed by atoms with Gasteiger partial charge in [-0.2, -0.15) is 0 Å². The smallest absolute Gasteiger partial charge is 0.231 e. The van der Waals surface area contributed by atoms with Gasteiger partial charge in [-0.1, -0.05) is 54.1 Å². The first kappa shape index (κ1) is 12.7. The zero-order chi connectivity index (χ0) is 12.8. The van der Waals surface area contributed by atoms with Gasteiger partial charge in [-0.3, -0.25) is 0 Å². The Balaban J connectivity index is 2.02. The maximum absolute atomic E-state index is 7.30. The molecule has 0 heterocycles. The van der Waals surface area contributed by atoms with Crippen molar-refractivity contribution in [3.8, 4) is 0 Å². The van der Waals surface area contributed by atoms with Gasteiger partial charge in [-0.15, -0.1) is 0 Å². The van der Waals surface area contributed by atoms with Gasteiger partial charge in [-0.05, 0) is 23.3 Å². The Hall–Kier alpha value is -1.78. The highest BCUT2D eigenvalue weighted by Gasteiger charge is 2.14. The summed E-state index contributed by atoms with van der Waals surface area (Å²) in [6.07, 6.45) is 1.57. The Morgan fingerprint density at radius 1 is 0.889 bits per heavy atom. The van der Waals surface area contributed by atoms with E-state index in [9.17, 15) is 0 Å². The van der Waals surface area contributed by atoms with E-state index in [1.54, 1.807) is 0 Å². The first-order valence-corrected chi connectivity index (χ1v) is 6.30. The average molecular weight is 256 g/mol. The molecule has 2 heteroatoms. The maximum Gasteiger partial charge on any atom is 0.231 e. The SMILES string of the molecule is [C-]#[N+]C(Cc1ccccc1)Cc1ccc(Cl)cc1. The highest BCUT2D eigenvalue weighted by atomic mass is 35.5. The van der Waals surface area contributed by atoms with Gasteiger partial charge in [0.2, 0.25) is 6.04 Å². The molecule has 0 N–H and O–H groups in total. The van der Waals surface area contributed by atoms with E-state index < -0.39 is 0 Å². The summed E-state index contributed by atoms with van der Waals surface area (Å²) in [6, 6.07) is 17.9. The fourth-order valence-corrected chi connectivity index (χ4v) is 2.07. The molecule has 1 nitrogen and oxygen atoms in total. The zero-order valence-electron chi connectivity index (χ0n) is 10.0. The van der Waals surface area contributed by atoms with Crippen molar-refractivity contribution in [3.05, 3.63) is 82.2 Å². The van der Waals surface area contributed by atoms with Crippen molar-refractivity contribution in [2.75, 3.05) is 0 Å². The van der Waals surface area contributed by atoms with E-state index in [-0.39, 0.29) is 6.04 Å². The molecule has 0 aromatic heterocycles. The summed E-state index contributed by atoms with van der Waals surface area (Å²) < 4.78 is 0. The lowest BCUT2D eigenvalue weighted by molar-refractivity contribution is 0.756. The summed E-state index contributed by atoms with van der Waals surface area (Å²) in [5.41, 5.74) is 2.38. The second kappa shape index (κ2) is 6.23. The standard InChI is InChI=1S/C16H14ClN/c1-18-16(11-13-5-3-2-4-6-13)12-14-7-9-15(17)10-8-14/h2-10,16H,11-12H2. The number of rotatable bonds is 4. The van der Waals surface area contributed by atoms with E-state index >= 15 is 0 Å². The van der Waals surface area contributed by atoms with Gasteiger partial charge in [0.05, 0.1) is 0 Å².